The Hall–Kier alpha value is -1.90. The molecule has 2 aromatic carbocycles. The summed E-state index contributed by atoms with van der Waals surface area (Å²) in [7, 11) is 0. The van der Waals surface area contributed by atoms with Gasteiger partial charge >= 0.3 is 12.4 Å². The number of aryl methyl sites for hydroxylation is 1. The van der Waals surface area contributed by atoms with E-state index in [4.69, 9.17) is 28.9 Å². The topological polar surface area (TPSA) is 41.8 Å². The van der Waals surface area contributed by atoms with Crippen LogP contribution in [0, 0.1) is 0 Å². The third kappa shape index (κ3) is 4.55. The van der Waals surface area contributed by atoms with Crippen molar-refractivity contribution in [2.75, 3.05) is 6.54 Å². The number of benzene rings is 2. The number of fused-ring (bicyclic) bond motifs is 1. The van der Waals surface area contributed by atoms with Crippen molar-refractivity contribution in [2.45, 2.75) is 31.6 Å². The lowest BCUT2D eigenvalue weighted by Gasteiger charge is -2.14. The second kappa shape index (κ2) is 8.32. The number of hydrogen-bond donors (Lipinski definition) is 2. The molecule has 0 saturated carbocycles. The number of nitrogens with two attached hydrogens (primary N) is 1. The first kappa shape index (κ1) is 22.8. The van der Waals surface area contributed by atoms with Crippen LogP contribution in [-0.4, -0.2) is 11.5 Å². The average molecular weight is 469 g/mol. The van der Waals surface area contributed by atoms with Gasteiger partial charge in [0, 0.05) is 26.5 Å². The molecular weight excluding hydrogens is 453 g/mol. The molecule has 3 rings (SSSR count). The van der Waals surface area contributed by atoms with Gasteiger partial charge in [-0.15, -0.1) is 0 Å². The van der Waals surface area contributed by atoms with Gasteiger partial charge in [0.1, 0.15) is 0 Å². The maximum Gasteiger partial charge on any atom is 0.417 e. The van der Waals surface area contributed by atoms with Crippen LogP contribution in [0.3, 0.4) is 0 Å². The zero-order valence-corrected chi connectivity index (χ0v) is 16.8. The summed E-state index contributed by atoms with van der Waals surface area (Å²) >= 11 is 12.2. The number of aromatic amines is 1. The molecule has 1 aromatic heterocycles. The fourth-order valence-corrected chi connectivity index (χ4v) is 3.79. The predicted octanol–water partition coefficient (Wildman–Crippen LogP) is 7.46. The molecule has 3 N–H and O–H groups in total. The molecule has 0 aliphatic carbocycles. The highest BCUT2D eigenvalue weighted by molar-refractivity contribution is 6.35. The lowest BCUT2D eigenvalue weighted by Crippen LogP contribution is -2.11. The summed E-state index contributed by atoms with van der Waals surface area (Å²) in [6.45, 7) is 0.333. The van der Waals surface area contributed by atoms with Crippen molar-refractivity contribution in [3.63, 3.8) is 0 Å². The fourth-order valence-electron chi connectivity index (χ4n) is 3.40. The summed E-state index contributed by atoms with van der Waals surface area (Å²) < 4.78 is 81.0. The molecule has 0 fully saturated rings. The Balaban J connectivity index is 2.38. The SMILES string of the molecule is NCCCCc1c(-c2cc(Cl)ccc2Cl)[nH]c2cc(C(F)(F)F)cc(C(F)(F)F)c12. The van der Waals surface area contributed by atoms with E-state index in [-0.39, 0.29) is 44.7 Å². The predicted molar refractivity (Wildman–Crippen MR) is 106 cm³/mol. The van der Waals surface area contributed by atoms with Gasteiger partial charge in [0.05, 0.1) is 16.8 Å². The van der Waals surface area contributed by atoms with Crippen LogP contribution in [0.5, 0.6) is 0 Å². The van der Waals surface area contributed by atoms with Crippen LogP contribution in [0.1, 0.15) is 29.5 Å². The van der Waals surface area contributed by atoms with Gasteiger partial charge in [0.25, 0.3) is 0 Å². The molecule has 0 saturated heterocycles. The molecule has 1 heterocycles. The zero-order chi connectivity index (χ0) is 22.3. The molecule has 162 valence electrons. The number of aromatic nitrogens is 1. The molecule has 0 aliphatic heterocycles. The van der Waals surface area contributed by atoms with Crippen molar-refractivity contribution in [3.05, 3.63) is 57.1 Å². The van der Waals surface area contributed by atoms with Crippen molar-refractivity contribution in [1.82, 2.24) is 4.98 Å². The normalized spacial score (nSPS) is 12.7. The molecule has 3 aromatic rings. The Morgan fingerprint density at radius 3 is 2.20 bits per heavy atom. The summed E-state index contributed by atoms with van der Waals surface area (Å²) in [6.07, 6.45) is -8.76. The zero-order valence-electron chi connectivity index (χ0n) is 15.3. The van der Waals surface area contributed by atoms with Crippen molar-refractivity contribution in [3.8, 4) is 11.3 Å². The van der Waals surface area contributed by atoms with Gasteiger partial charge in [-0.1, -0.05) is 23.2 Å². The maximum absolute atomic E-state index is 13.8. The highest BCUT2D eigenvalue weighted by atomic mass is 35.5. The van der Waals surface area contributed by atoms with Crippen LogP contribution < -0.4 is 5.73 Å². The molecule has 2 nitrogen and oxygen atoms in total. The lowest BCUT2D eigenvalue weighted by atomic mass is 9.96. The minimum Gasteiger partial charge on any atom is -0.354 e. The first-order valence-electron chi connectivity index (χ1n) is 8.92. The molecule has 0 bridgehead atoms. The van der Waals surface area contributed by atoms with Crippen LogP contribution in [0.15, 0.2) is 30.3 Å². The first-order chi connectivity index (χ1) is 13.9. The van der Waals surface area contributed by atoms with E-state index in [9.17, 15) is 26.3 Å². The van der Waals surface area contributed by atoms with E-state index in [1.54, 1.807) is 0 Å². The molecule has 0 atom stereocenters. The van der Waals surface area contributed by atoms with E-state index in [0.717, 1.165) is 0 Å². The van der Waals surface area contributed by atoms with E-state index in [1.165, 1.54) is 18.2 Å². The number of halogens is 8. The Labute approximate surface area is 178 Å². The van der Waals surface area contributed by atoms with Gasteiger partial charge in [-0.3, -0.25) is 0 Å². The molecule has 0 amide bonds. The second-order valence-corrected chi connectivity index (χ2v) is 7.63. The maximum atomic E-state index is 13.8. The van der Waals surface area contributed by atoms with Crippen LogP contribution in [-0.2, 0) is 18.8 Å². The minimum absolute atomic E-state index is 0.145. The van der Waals surface area contributed by atoms with Crippen LogP contribution in [0.4, 0.5) is 26.3 Å². The summed E-state index contributed by atoms with van der Waals surface area (Å²) in [6, 6.07) is 5.26. The molecule has 0 spiro atoms. The Kier molecular flexibility index (Phi) is 6.32. The number of hydrogen-bond acceptors (Lipinski definition) is 1. The molecule has 0 radical (unpaired) electrons. The largest absolute Gasteiger partial charge is 0.417 e. The quantitative estimate of drug-likeness (QED) is 0.296. The monoisotopic (exact) mass is 468 g/mol. The van der Waals surface area contributed by atoms with E-state index in [1.807, 2.05) is 0 Å². The van der Waals surface area contributed by atoms with Crippen molar-refractivity contribution in [1.29, 1.82) is 0 Å². The smallest absolute Gasteiger partial charge is 0.354 e. The van der Waals surface area contributed by atoms with Gasteiger partial charge in [-0.2, -0.15) is 26.3 Å². The van der Waals surface area contributed by atoms with E-state index in [2.05, 4.69) is 4.98 Å². The average Bonchev–Trinajstić information content (AvgIpc) is 3.00. The Morgan fingerprint density at radius 2 is 1.60 bits per heavy atom. The molecule has 10 heteroatoms. The number of alkyl halides is 6. The van der Waals surface area contributed by atoms with Crippen molar-refractivity contribution in [2.24, 2.45) is 5.73 Å². The number of H-pyrrole nitrogens is 1. The van der Waals surface area contributed by atoms with Gasteiger partial charge in [0.15, 0.2) is 0 Å². The summed E-state index contributed by atoms with van der Waals surface area (Å²) in [4.78, 5) is 2.73. The minimum atomic E-state index is -4.99. The van der Waals surface area contributed by atoms with Crippen LogP contribution in [0.25, 0.3) is 22.2 Å². The fraction of sp³-hybridized carbons (Fsp3) is 0.300. The molecular formula is C20H16Cl2F6N2. The standard InChI is InChI=1S/C20H16Cl2F6N2/c21-11-4-5-15(22)13(9-11)18-12(3-1-2-6-29)17-14(20(26,27)28)7-10(19(23,24)25)8-16(17)30-18/h4-5,7-9,30H,1-3,6,29H2. The number of nitrogens with one attached hydrogen (secondary N) is 1. The van der Waals surface area contributed by atoms with E-state index >= 15 is 0 Å². The lowest BCUT2D eigenvalue weighted by molar-refractivity contribution is -0.142. The summed E-state index contributed by atoms with van der Waals surface area (Å²) in [5.41, 5.74) is 3.22. The highest BCUT2D eigenvalue weighted by Crippen LogP contribution is 2.45. The molecule has 0 unspecified atom stereocenters. The van der Waals surface area contributed by atoms with E-state index in [0.29, 0.717) is 31.0 Å². The Bertz CT molecular complexity index is 1070. The number of unbranched alkanes of at least 4 members (excludes halogenated alkanes) is 1. The number of rotatable bonds is 5. The molecule has 0 aliphatic rings. The first-order valence-corrected chi connectivity index (χ1v) is 9.67. The van der Waals surface area contributed by atoms with Crippen molar-refractivity contribution >= 4 is 34.1 Å². The van der Waals surface area contributed by atoms with Crippen LogP contribution in [0.2, 0.25) is 10.0 Å². The third-order valence-corrected chi connectivity index (χ3v) is 5.28. The van der Waals surface area contributed by atoms with Gasteiger partial charge in [-0.05, 0) is 61.7 Å². The Morgan fingerprint density at radius 1 is 0.900 bits per heavy atom. The molecule has 30 heavy (non-hydrogen) atoms. The van der Waals surface area contributed by atoms with E-state index < -0.39 is 23.5 Å². The summed E-state index contributed by atoms with van der Waals surface area (Å²) in [5.74, 6) is 0. The van der Waals surface area contributed by atoms with Crippen LogP contribution >= 0.6 is 23.2 Å². The van der Waals surface area contributed by atoms with Crippen molar-refractivity contribution < 1.29 is 26.3 Å². The van der Waals surface area contributed by atoms with Gasteiger partial charge < -0.3 is 10.7 Å². The third-order valence-electron chi connectivity index (χ3n) is 4.71. The summed E-state index contributed by atoms with van der Waals surface area (Å²) in [5, 5.41) is 0.183. The van der Waals surface area contributed by atoms with Gasteiger partial charge in [-0.25, -0.2) is 0 Å². The highest BCUT2D eigenvalue weighted by Gasteiger charge is 2.39. The van der Waals surface area contributed by atoms with Gasteiger partial charge in [0.2, 0.25) is 0 Å². The second-order valence-electron chi connectivity index (χ2n) is 6.79.